The third kappa shape index (κ3) is 4.37. The van der Waals surface area contributed by atoms with E-state index >= 15 is 0 Å². The molecule has 0 heterocycles. The molecule has 0 aliphatic rings. The van der Waals surface area contributed by atoms with Gasteiger partial charge in [-0.05, 0) is 33.0 Å². The maximum absolute atomic E-state index is 11.6. The lowest BCUT2D eigenvalue weighted by atomic mass is 9.15. The lowest BCUT2D eigenvalue weighted by Gasteiger charge is -2.50. The van der Waals surface area contributed by atoms with Gasteiger partial charge in [0.15, 0.2) is 5.34 Å². The van der Waals surface area contributed by atoms with E-state index in [-0.39, 0.29) is 5.31 Å². The van der Waals surface area contributed by atoms with Gasteiger partial charge >= 0.3 is 7.60 Å². The first-order chi connectivity index (χ1) is 8.74. The Kier molecular flexibility index (Phi) is 6.64. The normalized spacial score (nSPS) is 14.3. The monoisotopic (exact) mass is 304 g/mol. The summed E-state index contributed by atoms with van der Waals surface area (Å²) in [6, 6.07) is 0. The van der Waals surface area contributed by atoms with Gasteiger partial charge in [0.05, 0.1) is 12.2 Å². The van der Waals surface area contributed by atoms with Crippen LogP contribution in [0.3, 0.4) is 0 Å². The Morgan fingerprint density at radius 3 is 1.75 bits per heavy atom. The highest BCUT2D eigenvalue weighted by atomic mass is 31.2. The van der Waals surface area contributed by atoms with Crippen molar-refractivity contribution in [3.05, 3.63) is 0 Å². The van der Waals surface area contributed by atoms with Gasteiger partial charge in [-0.15, -0.1) is 0 Å². The van der Waals surface area contributed by atoms with E-state index in [1.54, 1.807) is 0 Å². The van der Waals surface area contributed by atoms with Gasteiger partial charge in [-0.25, -0.2) is 0 Å². The van der Waals surface area contributed by atoms with Gasteiger partial charge in [0, 0.05) is 0 Å². The first-order valence-electron chi connectivity index (χ1n) is 7.50. The SMILES string of the molecule is CCC(BB(C)C)(CC)C(C)(C)OC(C)(C)P(=O)(O)O. The minimum absolute atomic E-state index is 0.0897. The van der Waals surface area contributed by atoms with Crippen LogP contribution in [0.1, 0.15) is 54.4 Å². The maximum atomic E-state index is 11.6. The van der Waals surface area contributed by atoms with E-state index in [1.807, 2.05) is 13.8 Å². The molecule has 0 atom stereocenters. The van der Waals surface area contributed by atoms with Crippen molar-refractivity contribution in [1.82, 2.24) is 0 Å². The van der Waals surface area contributed by atoms with Crippen LogP contribution in [-0.2, 0) is 9.30 Å². The zero-order valence-electron chi connectivity index (χ0n) is 14.4. The summed E-state index contributed by atoms with van der Waals surface area (Å²) in [6.45, 7) is 16.0. The standard InChI is InChI=1S/C13H31B2O4P/c1-9-13(10-2,14-15(7)8)11(3,4)19-12(5,6)20(16,17)18/h14H,9-10H2,1-8H3,(H2,16,17,18). The molecule has 0 unspecified atom stereocenters. The highest BCUT2D eigenvalue weighted by molar-refractivity contribution is 7.53. The molecular formula is C13H31B2O4P. The molecule has 0 aliphatic carbocycles. The molecule has 4 nitrogen and oxygen atoms in total. The minimum atomic E-state index is -4.31. The summed E-state index contributed by atoms with van der Waals surface area (Å²) in [7, 11) is -3.34. The lowest BCUT2D eigenvalue weighted by molar-refractivity contribution is -0.116. The lowest BCUT2D eigenvalue weighted by Crippen LogP contribution is -2.50. The summed E-state index contributed by atoms with van der Waals surface area (Å²) in [5.74, 6) is 0. The molecule has 0 amide bonds. The van der Waals surface area contributed by atoms with Crippen molar-refractivity contribution >= 4 is 21.4 Å². The molecule has 0 saturated carbocycles. The van der Waals surface area contributed by atoms with E-state index in [0.717, 1.165) is 20.0 Å². The topological polar surface area (TPSA) is 66.8 Å². The van der Waals surface area contributed by atoms with Crippen LogP contribution >= 0.6 is 7.60 Å². The van der Waals surface area contributed by atoms with Gasteiger partial charge in [0.2, 0.25) is 0 Å². The highest BCUT2D eigenvalue weighted by Gasteiger charge is 2.50. The Bertz CT molecular complexity index is 359. The second-order valence-electron chi connectivity index (χ2n) is 7.19. The second kappa shape index (κ2) is 6.56. The minimum Gasteiger partial charge on any atom is -0.357 e. The van der Waals surface area contributed by atoms with E-state index < -0.39 is 18.5 Å². The molecule has 0 fully saturated rings. The Morgan fingerprint density at radius 2 is 1.50 bits per heavy atom. The molecule has 0 radical (unpaired) electrons. The van der Waals surface area contributed by atoms with E-state index in [4.69, 9.17) is 4.74 Å². The van der Waals surface area contributed by atoms with E-state index in [2.05, 4.69) is 27.5 Å². The molecule has 0 aromatic rings. The molecule has 118 valence electrons. The molecule has 20 heavy (non-hydrogen) atoms. The Balaban J connectivity index is 5.51. The average molecular weight is 304 g/mol. The molecular weight excluding hydrogens is 273 g/mol. The average Bonchev–Trinajstić information content (AvgIpc) is 2.22. The van der Waals surface area contributed by atoms with Crippen LogP contribution in [0, 0.1) is 0 Å². The number of hydrogen-bond acceptors (Lipinski definition) is 2. The molecule has 0 rings (SSSR count). The zero-order chi connectivity index (χ0) is 16.4. The molecule has 0 aliphatic heterocycles. The van der Waals surface area contributed by atoms with Crippen LogP contribution in [0.25, 0.3) is 0 Å². The van der Waals surface area contributed by atoms with Crippen molar-refractivity contribution < 1.29 is 19.1 Å². The van der Waals surface area contributed by atoms with E-state index in [1.165, 1.54) is 13.8 Å². The molecule has 0 spiro atoms. The molecule has 0 aromatic heterocycles. The number of hydrogen-bond donors (Lipinski definition) is 2. The zero-order valence-corrected chi connectivity index (χ0v) is 15.3. The fraction of sp³-hybridized carbons (Fsp3) is 1.00. The second-order valence-corrected chi connectivity index (χ2v) is 9.35. The van der Waals surface area contributed by atoms with Crippen LogP contribution in [-0.4, -0.2) is 34.5 Å². The Hall–Kier alpha value is 0.240. The fourth-order valence-corrected chi connectivity index (χ4v) is 3.56. The summed E-state index contributed by atoms with van der Waals surface area (Å²) >= 11 is 0. The van der Waals surface area contributed by atoms with Crippen LogP contribution in [0.5, 0.6) is 0 Å². The van der Waals surface area contributed by atoms with Gasteiger partial charge in [0.25, 0.3) is 0 Å². The number of rotatable bonds is 8. The first kappa shape index (κ1) is 20.2. The summed E-state index contributed by atoms with van der Waals surface area (Å²) in [5, 5.41) is -1.56. The van der Waals surface area contributed by atoms with E-state index in [9.17, 15) is 14.4 Å². The summed E-state index contributed by atoms with van der Waals surface area (Å²) in [5.41, 5.74) is -0.606. The van der Waals surface area contributed by atoms with Crippen molar-refractivity contribution in [3.8, 4) is 0 Å². The third-order valence-electron chi connectivity index (χ3n) is 4.64. The summed E-state index contributed by atoms with van der Waals surface area (Å²) in [4.78, 5) is 19.0. The van der Waals surface area contributed by atoms with Crippen LogP contribution in [0.15, 0.2) is 0 Å². The summed E-state index contributed by atoms with van der Waals surface area (Å²) < 4.78 is 17.6. The van der Waals surface area contributed by atoms with Crippen LogP contribution in [0.4, 0.5) is 0 Å². The van der Waals surface area contributed by atoms with Crippen LogP contribution in [0.2, 0.25) is 19.0 Å². The molecule has 0 saturated heterocycles. The van der Waals surface area contributed by atoms with Crippen molar-refractivity contribution in [2.24, 2.45) is 0 Å². The largest absolute Gasteiger partial charge is 0.357 e. The smallest absolute Gasteiger partial charge is 0.356 e. The van der Waals surface area contributed by atoms with E-state index in [0.29, 0.717) is 6.60 Å². The van der Waals surface area contributed by atoms with Gasteiger partial charge in [0.1, 0.15) is 7.17 Å². The quantitative estimate of drug-likeness (QED) is 0.533. The molecule has 0 aromatic carbocycles. The van der Waals surface area contributed by atoms with Crippen LogP contribution < -0.4 is 0 Å². The van der Waals surface area contributed by atoms with Crippen molar-refractivity contribution in [2.75, 3.05) is 0 Å². The van der Waals surface area contributed by atoms with Gasteiger partial charge in [-0.3, -0.25) is 4.57 Å². The van der Waals surface area contributed by atoms with Crippen molar-refractivity contribution in [1.29, 1.82) is 0 Å². The van der Waals surface area contributed by atoms with Gasteiger partial charge in [-0.2, -0.15) is 0 Å². The van der Waals surface area contributed by atoms with Crippen molar-refractivity contribution in [2.45, 2.75) is 84.3 Å². The predicted octanol–water partition coefficient (Wildman–Crippen LogP) is 3.36. The maximum Gasteiger partial charge on any atom is 0.356 e. The molecule has 2 N–H and O–H groups in total. The predicted molar refractivity (Wildman–Crippen MR) is 89.2 cm³/mol. The highest BCUT2D eigenvalue weighted by Crippen LogP contribution is 2.57. The Labute approximate surface area is 125 Å². The third-order valence-corrected chi connectivity index (χ3v) is 6.13. The number of ether oxygens (including phenoxy) is 1. The Morgan fingerprint density at radius 1 is 1.10 bits per heavy atom. The molecule has 7 heteroatoms. The molecule has 0 bridgehead atoms. The van der Waals surface area contributed by atoms with Crippen molar-refractivity contribution in [3.63, 3.8) is 0 Å². The fourth-order valence-electron chi connectivity index (χ4n) is 3.21. The van der Waals surface area contributed by atoms with Gasteiger partial charge in [-0.1, -0.05) is 40.3 Å². The first-order valence-corrected chi connectivity index (χ1v) is 9.11. The summed E-state index contributed by atoms with van der Waals surface area (Å²) in [6.07, 6.45) is 1.85. The van der Waals surface area contributed by atoms with Gasteiger partial charge < -0.3 is 14.5 Å².